The summed E-state index contributed by atoms with van der Waals surface area (Å²) in [7, 11) is 0. The van der Waals surface area contributed by atoms with E-state index in [1.165, 1.54) is 18.9 Å². The van der Waals surface area contributed by atoms with Gasteiger partial charge in [0.2, 0.25) is 0 Å². The van der Waals surface area contributed by atoms with E-state index >= 15 is 0 Å². The third-order valence-corrected chi connectivity index (χ3v) is 4.76. The fraction of sp³-hybridized carbons (Fsp3) is 0.667. The molecule has 17 heavy (non-hydrogen) atoms. The summed E-state index contributed by atoms with van der Waals surface area (Å²) in [5.41, 5.74) is -0.0728. The topological polar surface area (TPSA) is 57.8 Å². The lowest BCUT2D eigenvalue weighted by atomic mass is 10.1. The Balaban J connectivity index is 1.98. The molecule has 0 saturated heterocycles. The summed E-state index contributed by atoms with van der Waals surface area (Å²) in [5, 5.41) is 4.80. The molecule has 1 aliphatic rings. The average Bonchev–Trinajstić information content (AvgIpc) is 2.62. The van der Waals surface area contributed by atoms with Crippen LogP contribution in [0.5, 0.6) is 0 Å². The third-order valence-electron chi connectivity index (χ3n) is 3.36. The quantitative estimate of drug-likeness (QED) is 0.801. The Morgan fingerprint density at radius 1 is 1.59 bits per heavy atom. The Kier molecular flexibility index (Phi) is 4.23. The molecule has 1 aliphatic carbocycles. The van der Waals surface area contributed by atoms with Crippen molar-refractivity contribution in [3.63, 3.8) is 0 Å². The van der Waals surface area contributed by atoms with Crippen molar-refractivity contribution in [2.75, 3.05) is 6.54 Å². The largest absolute Gasteiger partial charge is 0.314 e. The number of hydrogen-bond acceptors (Lipinski definition) is 4. The highest BCUT2D eigenvalue weighted by molar-refractivity contribution is 7.99. The highest BCUT2D eigenvalue weighted by atomic mass is 32.2. The number of thioether (sulfide) groups is 1. The summed E-state index contributed by atoms with van der Waals surface area (Å²) < 4.78 is 0. The Hall–Kier alpha value is -0.810. The molecule has 5 heteroatoms. The predicted octanol–water partition coefficient (Wildman–Crippen LogP) is 1.64. The van der Waals surface area contributed by atoms with E-state index in [2.05, 4.69) is 29.1 Å². The first-order chi connectivity index (χ1) is 8.20. The summed E-state index contributed by atoms with van der Waals surface area (Å²) in [4.78, 5) is 18.2. The van der Waals surface area contributed by atoms with Crippen molar-refractivity contribution in [1.82, 2.24) is 15.3 Å². The molecule has 2 N–H and O–H groups in total. The zero-order chi connectivity index (χ0) is 12.3. The lowest BCUT2D eigenvalue weighted by Gasteiger charge is -2.20. The van der Waals surface area contributed by atoms with Gasteiger partial charge in [0, 0.05) is 23.6 Å². The second kappa shape index (κ2) is 5.69. The molecule has 1 fully saturated rings. The monoisotopic (exact) mass is 253 g/mol. The summed E-state index contributed by atoms with van der Waals surface area (Å²) >= 11 is 1.70. The fourth-order valence-corrected chi connectivity index (χ4v) is 3.63. The molecule has 1 saturated carbocycles. The van der Waals surface area contributed by atoms with E-state index in [9.17, 15) is 4.79 Å². The van der Waals surface area contributed by atoms with E-state index in [1.54, 1.807) is 18.0 Å². The lowest BCUT2D eigenvalue weighted by molar-refractivity contribution is 0.441. The van der Waals surface area contributed by atoms with Crippen molar-refractivity contribution in [3.05, 3.63) is 22.6 Å². The van der Waals surface area contributed by atoms with Crippen LogP contribution in [-0.4, -0.2) is 27.8 Å². The molecule has 0 aromatic carbocycles. The number of aromatic amines is 1. The lowest BCUT2D eigenvalue weighted by Crippen LogP contribution is -2.33. The second-order valence-electron chi connectivity index (χ2n) is 4.50. The van der Waals surface area contributed by atoms with Gasteiger partial charge in [0.1, 0.15) is 0 Å². The van der Waals surface area contributed by atoms with E-state index in [4.69, 9.17) is 0 Å². The van der Waals surface area contributed by atoms with Crippen molar-refractivity contribution in [2.24, 2.45) is 5.92 Å². The maximum absolute atomic E-state index is 11.2. The van der Waals surface area contributed by atoms with Crippen molar-refractivity contribution in [1.29, 1.82) is 0 Å². The molecule has 0 radical (unpaired) electrons. The van der Waals surface area contributed by atoms with E-state index < -0.39 is 0 Å². The summed E-state index contributed by atoms with van der Waals surface area (Å²) in [6.07, 6.45) is 3.97. The van der Waals surface area contributed by atoms with Gasteiger partial charge >= 0.3 is 0 Å². The van der Waals surface area contributed by atoms with Crippen LogP contribution in [0.1, 0.15) is 26.7 Å². The summed E-state index contributed by atoms with van der Waals surface area (Å²) in [5.74, 6) is 0.616. The Morgan fingerprint density at radius 2 is 2.41 bits per heavy atom. The maximum atomic E-state index is 11.2. The number of hydrogen-bond donors (Lipinski definition) is 2. The molecule has 0 spiro atoms. The van der Waals surface area contributed by atoms with Crippen molar-refractivity contribution < 1.29 is 0 Å². The predicted molar refractivity (Wildman–Crippen MR) is 70.4 cm³/mol. The minimum atomic E-state index is -0.0728. The van der Waals surface area contributed by atoms with Crippen molar-refractivity contribution in [3.8, 4) is 0 Å². The van der Waals surface area contributed by atoms with Crippen LogP contribution in [-0.2, 0) is 0 Å². The van der Waals surface area contributed by atoms with Gasteiger partial charge in [-0.25, -0.2) is 4.98 Å². The minimum Gasteiger partial charge on any atom is -0.314 e. The number of rotatable bonds is 4. The van der Waals surface area contributed by atoms with Gasteiger partial charge in [-0.15, -0.1) is 0 Å². The van der Waals surface area contributed by atoms with Crippen molar-refractivity contribution >= 4 is 11.8 Å². The van der Waals surface area contributed by atoms with Gasteiger partial charge in [0.25, 0.3) is 5.56 Å². The first-order valence-electron chi connectivity index (χ1n) is 6.16. The zero-order valence-electron chi connectivity index (χ0n) is 10.3. The highest BCUT2D eigenvalue weighted by Crippen LogP contribution is 2.37. The number of nitrogens with one attached hydrogen (secondary N) is 2. The Morgan fingerprint density at radius 3 is 3.12 bits per heavy atom. The smallest absolute Gasteiger partial charge is 0.251 e. The molecular weight excluding hydrogens is 234 g/mol. The second-order valence-corrected chi connectivity index (χ2v) is 5.72. The van der Waals surface area contributed by atoms with E-state index in [1.807, 2.05) is 0 Å². The van der Waals surface area contributed by atoms with Crippen LogP contribution in [0, 0.1) is 5.92 Å². The molecule has 3 atom stereocenters. The van der Waals surface area contributed by atoms with E-state index in [0.29, 0.717) is 17.2 Å². The molecular formula is C12H19N3OS. The Bertz CT molecular complexity index is 420. The van der Waals surface area contributed by atoms with Crippen LogP contribution >= 0.6 is 11.8 Å². The first kappa shape index (κ1) is 12.6. The van der Waals surface area contributed by atoms with E-state index in [0.717, 1.165) is 11.7 Å². The SMILES string of the molecule is CCNC1CCC(Sc2nccc(=O)[nH]2)C1C. The van der Waals surface area contributed by atoms with Gasteiger partial charge < -0.3 is 10.3 Å². The van der Waals surface area contributed by atoms with Gasteiger partial charge in [-0.05, 0) is 25.3 Å². The van der Waals surface area contributed by atoms with Crippen LogP contribution in [0.3, 0.4) is 0 Å². The standard InChI is InChI=1S/C12H19N3OS/c1-3-13-9-4-5-10(8(9)2)17-12-14-7-6-11(16)15-12/h6-10,13H,3-5H2,1-2H3,(H,14,15,16). The fourth-order valence-electron chi connectivity index (χ4n) is 2.40. The van der Waals surface area contributed by atoms with Crippen molar-refractivity contribution in [2.45, 2.75) is 43.1 Å². The molecule has 1 heterocycles. The molecule has 3 unspecified atom stereocenters. The van der Waals surface area contributed by atoms with Gasteiger partial charge in [-0.1, -0.05) is 25.6 Å². The first-order valence-corrected chi connectivity index (χ1v) is 7.04. The molecule has 0 aliphatic heterocycles. The molecule has 2 rings (SSSR count). The zero-order valence-corrected chi connectivity index (χ0v) is 11.1. The molecule has 94 valence electrons. The Labute approximate surface area is 106 Å². The normalized spacial score (nSPS) is 28.5. The highest BCUT2D eigenvalue weighted by Gasteiger charge is 2.33. The number of aromatic nitrogens is 2. The molecule has 0 bridgehead atoms. The average molecular weight is 253 g/mol. The van der Waals surface area contributed by atoms with Crippen LogP contribution in [0.25, 0.3) is 0 Å². The molecule has 0 amide bonds. The minimum absolute atomic E-state index is 0.0728. The molecule has 1 aromatic heterocycles. The van der Waals surface area contributed by atoms with Gasteiger partial charge in [0.15, 0.2) is 5.16 Å². The molecule has 4 nitrogen and oxygen atoms in total. The third kappa shape index (κ3) is 3.10. The van der Waals surface area contributed by atoms with Crippen LogP contribution in [0.4, 0.5) is 0 Å². The van der Waals surface area contributed by atoms with Crippen LogP contribution < -0.4 is 10.9 Å². The van der Waals surface area contributed by atoms with Crippen LogP contribution in [0.2, 0.25) is 0 Å². The van der Waals surface area contributed by atoms with Gasteiger partial charge in [-0.2, -0.15) is 0 Å². The molecule has 1 aromatic rings. The van der Waals surface area contributed by atoms with Gasteiger partial charge in [-0.3, -0.25) is 4.79 Å². The summed E-state index contributed by atoms with van der Waals surface area (Å²) in [6, 6.07) is 2.05. The summed E-state index contributed by atoms with van der Waals surface area (Å²) in [6.45, 7) is 5.44. The number of nitrogens with zero attached hydrogens (tertiary/aromatic N) is 1. The van der Waals surface area contributed by atoms with Crippen LogP contribution in [0.15, 0.2) is 22.2 Å². The number of H-pyrrole nitrogens is 1. The van der Waals surface area contributed by atoms with Gasteiger partial charge in [0.05, 0.1) is 0 Å². The maximum Gasteiger partial charge on any atom is 0.251 e. The van der Waals surface area contributed by atoms with E-state index in [-0.39, 0.29) is 5.56 Å².